The Morgan fingerprint density at radius 3 is 2.30 bits per heavy atom. The molecule has 1 amide bonds. The SMILES string of the molecule is COc1ccc(CNC(=O)[C@@H](C)[n+]2ccc(N(C)C)cc2)cc1. The van der Waals surface area contributed by atoms with Crippen LogP contribution in [0.4, 0.5) is 5.69 Å². The molecule has 5 nitrogen and oxygen atoms in total. The number of hydrogen-bond acceptors (Lipinski definition) is 3. The Balaban J connectivity index is 1.93. The van der Waals surface area contributed by atoms with Gasteiger partial charge in [0.1, 0.15) is 5.75 Å². The highest BCUT2D eigenvalue weighted by atomic mass is 16.5. The van der Waals surface area contributed by atoms with Crippen LogP contribution >= 0.6 is 0 Å². The van der Waals surface area contributed by atoms with E-state index in [2.05, 4.69) is 5.32 Å². The van der Waals surface area contributed by atoms with Gasteiger partial charge in [0.15, 0.2) is 12.4 Å². The van der Waals surface area contributed by atoms with Crippen LogP contribution in [0.2, 0.25) is 0 Å². The lowest BCUT2D eigenvalue weighted by molar-refractivity contribution is -0.706. The molecular formula is C18H24N3O2+. The van der Waals surface area contributed by atoms with Gasteiger partial charge >= 0.3 is 0 Å². The molecule has 1 aromatic heterocycles. The quantitative estimate of drug-likeness (QED) is 0.829. The number of aromatic nitrogens is 1. The van der Waals surface area contributed by atoms with Crippen LogP contribution in [0.25, 0.3) is 0 Å². The van der Waals surface area contributed by atoms with E-state index in [4.69, 9.17) is 4.74 Å². The van der Waals surface area contributed by atoms with Crippen molar-refractivity contribution in [2.75, 3.05) is 26.1 Å². The van der Waals surface area contributed by atoms with Crippen molar-refractivity contribution in [2.45, 2.75) is 19.5 Å². The summed E-state index contributed by atoms with van der Waals surface area (Å²) in [4.78, 5) is 14.3. The van der Waals surface area contributed by atoms with Gasteiger partial charge in [0.25, 0.3) is 5.91 Å². The largest absolute Gasteiger partial charge is 0.497 e. The molecule has 0 fully saturated rings. The monoisotopic (exact) mass is 314 g/mol. The molecule has 122 valence electrons. The molecule has 0 saturated heterocycles. The molecule has 2 rings (SSSR count). The zero-order chi connectivity index (χ0) is 16.8. The number of hydrogen-bond donors (Lipinski definition) is 1. The number of amides is 1. The first-order chi connectivity index (χ1) is 11.0. The molecule has 0 aliphatic heterocycles. The van der Waals surface area contributed by atoms with Crippen LogP contribution in [0.3, 0.4) is 0 Å². The van der Waals surface area contributed by atoms with Gasteiger partial charge in [0.2, 0.25) is 6.04 Å². The summed E-state index contributed by atoms with van der Waals surface area (Å²) in [5, 5.41) is 2.96. The first-order valence-corrected chi connectivity index (χ1v) is 7.60. The molecule has 0 saturated carbocycles. The smallest absolute Gasteiger partial charge is 0.289 e. The number of ether oxygens (including phenoxy) is 1. The Bertz CT molecular complexity index is 636. The number of methoxy groups -OCH3 is 1. The van der Waals surface area contributed by atoms with Crippen molar-refractivity contribution >= 4 is 11.6 Å². The second kappa shape index (κ2) is 7.63. The van der Waals surface area contributed by atoms with Crippen molar-refractivity contribution in [2.24, 2.45) is 0 Å². The predicted molar refractivity (Wildman–Crippen MR) is 90.5 cm³/mol. The number of nitrogens with zero attached hydrogens (tertiary/aromatic N) is 2. The average molecular weight is 314 g/mol. The molecule has 1 N–H and O–H groups in total. The lowest BCUT2D eigenvalue weighted by atomic mass is 10.2. The zero-order valence-electron chi connectivity index (χ0n) is 14.1. The van der Waals surface area contributed by atoms with E-state index in [9.17, 15) is 4.79 Å². The molecule has 0 radical (unpaired) electrons. The third-order valence-electron chi connectivity index (χ3n) is 3.80. The lowest BCUT2D eigenvalue weighted by Gasteiger charge is -2.12. The molecule has 5 heteroatoms. The molecule has 1 aromatic carbocycles. The second-order valence-electron chi connectivity index (χ2n) is 5.64. The van der Waals surface area contributed by atoms with E-state index in [0.29, 0.717) is 6.54 Å². The number of nitrogens with one attached hydrogen (secondary N) is 1. The second-order valence-corrected chi connectivity index (χ2v) is 5.64. The molecule has 0 spiro atoms. The summed E-state index contributed by atoms with van der Waals surface area (Å²) >= 11 is 0. The highest BCUT2D eigenvalue weighted by Crippen LogP contribution is 2.11. The van der Waals surface area contributed by atoms with Crippen LogP contribution < -0.4 is 19.5 Å². The first kappa shape index (κ1) is 16.8. The van der Waals surface area contributed by atoms with E-state index in [0.717, 1.165) is 17.0 Å². The summed E-state index contributed by atoms with van der Waals surface area (Å²) in [6.45, 7) is 2.39. The highest BCUT2D eigenvalue weighted by molar-refractivity contribution is 5.78. The summed E-state index contributed by atoms with van der Waals surface area (Å²) in [6.07, 6.45) is 3.85. The van der Waals surface area contributed by atoms with Crippen LogP contribution in [0.1, 0.15) is 18.5 Å². The predicted octanol–water partition coefficient (Wildman–Crippen LogP) is 1.93. The maximum Gasteiger partial charge on any atom is 0.289 e. The molecule has 0 unspecified atom stereocenters. The number of pyridine rings is 1. The van der Waals surface area contributed by atoms with Crippen LogP contribution in [0.5, 0.6) is 5.75 Å². The van der Waals surface area contributed by atoms with Crippen molar-refractivity contribution in [3.63, 3.8) is 0 Å². The van der Waals surface area contributed by atoms with Crippen LogP contribution in [-0.4, -0.2) is 27.1 Å². The average Bonchev–Trinajstić information content (AvgIpc) is 2.59. The molecule has 2 aromatic rings. The van der Waals surface area contributed by atoms with Crippen molar-refractivity contribution in [3.05, 3.63) is 54.4 Å². The third-order valence-corrected chi connectivity index (χ3v) is 3.80. The number of carbonyl (C=O) groups excluding carboxylic acids is 1. The molecule has 0 aliphatic rings. The Morgan fingerprint density at radius 1 is 1.17 bits per heavy atom. The normalized spacial score (nSPS) is 11.7. The topological polar surface area (TPSA) is 45.5 Å². The minimum atomic E-state index is -0.260. The summed E-state index contributed by atoms with van der Waals surface area (Å²) in [5.41, 5.74) is 2.14. The Hall–Kier alpha value is -2.56. The lowest BCUT2D eigenvalue weighted by Crippen LogP contribution is -2.46. The fourth-order valence-electron chi connectivity index (χ4n) is 2.20. The Morgan fingerprint density at radius 2 is 1.78 bits per heavy atom. The van der Waals surface area contributed by atoms with E-state index < -0.39 is 0 Å². The van der Waals surface area contributed by atoms with E-state index in [1.807, 2.05) is 79.3 Å². The highest BCUT2D eigenvalue weighted by Gasteiger charge is 2.21. The maximum absolute atomic E-state index is 12.3. The third kappa shape index (κ3) is 4.45. The molecule has 1 heterocycles. The molecule has 23 heavy (non-hydrogen) atoms. The zero-order valence-corrected chi connectivity index (χ0v) is 14.1. The van der Waals surface area contributed by atoms with Gasteiger partial charge < -0.3 is 15.0 Å². The van der Waals surface area contributed by atoms with Gasteiger partial charge in [0.05, 0.1) is 7.11 Å². The van der Waals surface area contributed by atoms with Gasteiger partial charge in [-0.25, -0.2) is 0 Å². The van der Waals surface area contributed by atoms with Gasteiger partial charge in [0, 0.05) is 45.4 Å². The van der Waals surface area contributed by atoms with E-state index in [-0.39, 0.29) is 11.9 Å². The van der Waals surface area contributed by atoms with Gasteiger partial charge in [-0.2, -0.15) is 4.57 Å². The minimum Gasteiger partial charge on any atom is -0.497 e. The van der Waals surface area contributed by atoms with Crippen LogP contribution in [-0.2, 0) is 11.3 Å². The number of anilines is 1. The molecular weight excluding hydrogens is 290 g/mol. The summed E-state index contributed by atoms with van der Waals surface area (Å²) in [5.74, 6) is 0.799. The molecule has 1 atom stereocenters. The van der Waals surface area contributed by atoms with Gasteiger partial charge in [-0.3, -0.25) is 4.79 Å². The standard InChI is InChI=1S/C18H23N3O2/c1-14(21-11-9-16(10-12-21)20(2)3)18(22)19-13-15-5-7-17(23-4)8-6-15/h5-12,14H,13H2,1-4H3/p+1/t14-/m1/s1. The maximum atomic E-state index is 12.3. The van der Waals surface area contributed by atoms with E-state index >= 15 is 0 Å². The summed E-state index contributed by atoms with van der Waals surface area (Å²) in [6, 6.07) is 11.4. The van der Waals surface area contributed by atoms with Crippen molar-refractivity contribution < 1.29 is 14.1 Å². The Labute approximate surface area is 137 Å². The van der Waals surface area contributed by atoms with Gasteiger partial charge in [-0.05, 0) is 17.7 Å². The summed E-state index contributed by atoms with van der Waals surface area (Å²) in [7, 11) is 5.62. The summed E-state index contributed by atoms with van der Waals surface area (Å²) < 4.78 is 7.02. The molecule has 0 aliphatic carbocycles. The van der Waals surface area contributed by atoms with Crippen molar-refractivity contribution in [1.29, 1.82) is 0 Å². The number of rotatable bonds is 6. The van der Waals surface area contributed by atoms with Crippen molar-refractivity contribution in [1.82, 2.24) is 5.32 Å². The van der Waals surface area contributed by atoms with Crippen LogP contribution in [0.15, 0.2) is 48.8 Å². The van der Waals surface area contributed by atoms with Crippen LogP contribution in [0, 0.1) is 0 Å². The Kier molecular flexibility index (Phi) is 5.57. The fourth-order valence-corrected chi connectivity index (χ4v) is 2.20. The molecule has 0 bridgehead atoms. The van der Waals surface area contributed by atoms with Gasteiger partial charge in [-0.1, -0.05) is 12.1 Å². The van der Waals surface area contributed by atoms with Gasteiger partial charge in [-0.15, -0.1) is 0 Å². The minimum absolute atomic E-state index is 0.0107. The van der Waals surface area contributed by atoms with Crippen molar-refractivity contribution in [3.8, 4) is 5.75 Å². The van der Waals surface area contributed by atoms with E-state index in [1.54, 1.807) is 7.11 Å². The number of carbonyl (C=O) groups is 1. The first-order valence-electron chi connectivity index (χ1n) is 7.60. The number of benzene rings is 1. The fraction of sp³-hybridized carbons (Fsp3) is 0.333. The van der Waals surface area contributed by atoms with E-state index in [1.165, 1.54) is 0 Å².